The number of hydrogen-bond donors (Lipinski definition) is 1. The summed E-state index contributed by atoms with van der Waals surface area (Å²) in [4.78, 5) is 25.1. The maximum Gasteiger partial charge on any atom is 0.322 e. The minimum atomic E-state index is -0.446. The molecule has 3 aromatic rings. The predicted octanol–water partition coefficient (Wildman–Crippen LogP) is 4.81. The number of aromatic nitrogens is 2. The highest BCUT2D eigenvalue weighted by Gasteiger charge is 2.28. The van der Waals surface area contributed by atoms with E-state index >= 15 is 0 Å². The zero-order valence-corrected chi connectivity index (χ0v) is 18.9. The number of hydrogen-bond acceptors (Lipinski definition) is 6. The van der Waals surface area contributed by atoms with Gasteiger partial charge in [0.2, 0.25) is 5.88 Å². The second-order valence-corrected chi connectivity index (χ2v) is 7.95. The van der Waals surface area contributed by atoms with Crippen molar-refractivity contribution in [3.05, 3.63) is 65.7 Å². The first-order chi connectivity index (χ1) is 15.9. The number of nitrogens with zero attached hydrogens (tertiary/aromatic N) is 4. The highest BCUT2D eigenvalue weighted by molar-refractivity contribution is 6.32. The number of halogens is 2. The Kier molecular flexibility index (Phi) is 6.79. The number of piperazine rings is 1. The van der Waals surface area contributed by atoms with Crippen molar-refractivity contribution in [1.29, 1.82) is 0 Å². The molecule has 1 aliphatic rings. The summed E-state index contributed by atoms with van der Waals surface area (Å²) >= 11 is 6.04. The van der Waals surface area contributed by atoms with E-state index < -0.39 is 5.82 Å². The topological polar surface area (TPSA) is 79.8 Å². The average Bonchev–Trinajstić information content (AvgIpc) is 2.81. The van der Waals surface area contributed by atoms with Crippen LogP contribution in [0.15, 0.2) is 54.9 Å². The fraction of sp³-hybridized carbons (Fsp3) is 0.261. The number of methoxy groups -OCH3 is 1. The summed E-state index contributed by atoms with van der Waals surface area (Å²) in [6.07, 6.45) is 1.40. The highest BCUT2D eigenvalue weighted by Crippen LogP contribution is 2.30. The lowest BCUT2D eigenvalue weighted by Crippen LogP contribution is -2.55. The van der Waals surface area contributed by atoms with Gasteiger partial charge in [0.15, 0.2) is 0 Å². The van der Waals surface area contributed by atoms with Crippen molar-refractivity contribution in [2.45, 2.75) is 13.0 Å². The highest BCUT2D eigenvalue weighted by atomic mass is 35.5. The predicted molar refractivity (Wildman–Crippen MR) is 124 cm³/mol. The molecule has 8 nitrogen and oxygen atoms in total. The molecule has 1 atom stereocenters. The Morgan fingerprint density at radius 1 is 1.15 bits per heavy atom. The molecule has 0 unspecified atom stereocenters. The maximum absolute atomic E-state index is 13.3. The molecule has 1 N–H and O–H groups in total. The van der Waals surface area contributed by atoms with Crippen LogP contribution in [0.4, 0.5) is 20.7 Å². The number of carbonyl (C=O) groups is 1. The molecule has 33 heavy (non-hydrogen) atoms. The number of nitrogens with one attached hydrogen (secondary N) is 1. The first-order valence-corrected chi connectivity index (χ1v) is 10.7. The van der Waals surface area contributed by atoms with Gasteiger partial charge in [-0.3, -0.25) is 0 Å². The van der Waals surface area contributed by atoms with Crippen LogP contribution < -0.4 is 19.7 Å². The Morgan fingerprint density at radius 2 is 1.94 bits per heavy atom. The van der Waals surface area contributed by atoms with Gasteiger partial charge in [0.1, 0.15) is 29.5 Å². The van der Waals surface area contributed by atoms with Gasteiger partial charge in [0.05, 0.1) is 12.1 Å². The second-order valence-electron chi connectivity index (χ2n) is 7.54. The van der Waals surface area contributed by atoms with E-state index in [0.717, 1.165) is 5.75 Å². The normalized spacial score (nSPS) is 15.8. The zero-order chi connectivity index (χ0) is 23.4. The smallest absolute Gasteiger partial charge is 0.322 e. The van der Waals surface area contributed by atoms with Gasteiger partial charge in [0.25, 0.3) is 0 Å². The maximum atomic E-state index is 13.3. The monoisotopic (exact) mass is 471 g/mol. The molecule has 1 fully saturated rings. The van der Waals surface area contributed by atoms with Crippen LogP contribution in [0, 0.1) is 5.82 Å². The third-order valence-corrected chi connectivity index (χ3v) is 5.59. The summed E-state index contributed by atoms with van der Waals surface area (Å²) in [6, 6.07) is 12.6. The zero-order valence-electron chi connectivity index (χ0n) is 18.2. The van der Waals surface area contributed by atoms with E-state index in [1.165, 1.54) is 24.5 Å². The summed E-state index contributed by atoms with van der Waals surface area (Å²) in [5.74, 6) is 1.54. The average molecular weight is 472 g/mol. The molecule has 4 rings (SSSR count). The molecule has 2 heterocycles. The molecule has 0 bridgehead atoms. The van der Waals surface area contributed by atoms with Gasteiger partial charge in [-0.15, -0.1) is 0 Å². The molecule has 1 aromatic heterocycles. The number of rotatable bonds is 5. The Labute approximate surface area is 195 Å². The lowest BCUT2D eigenvalue weighted by Gasteiger charge is -2.40. The summed E-state index contributed by atoms with van der Waals surface area (Å²) < 4.78 is 24.1. The number of ether oxygens (including phenoxy) is 2. The number of amides is 2. The Morgan fingerprint density at radius 3 is 2.64 bits per heavy atom. The van der Waals surface area contributed by atoms with Crippen molar-refractivity contribution in [2.75, 3.05) is 37.0 Å². The third kappa shape index (κ3) is 5.43. The molecule has 2 amide bonds. The largest absolute Gasteiger partial charge is 0.497 e. The molecule has 0 aliphatic carbocycles. The Bertz CT molecular complexity index is 1130. The summed E-state index contributed by atoms with van der Waals surface area (Å²) in [5.41, 5.74) is 0.701. The molecular formula is C23H23ClFN5O3. The van der Waals surface area contributed by atoms with Crippen molar-refractivity contribution in [3.63, 3.8) is 0 Å². The number of urea groups is 1. The van der Waals surface area contributed by atoms with E-state index in [2.05, 4.69) is 20.2 Å². The van der Waals surface area contributed by atoms with Gasteiger partial charge in [-0.25, -0.2) is 19.2 Å². The molecule has 2 aromatic carbocycles. The molecule has 172 valence electrons. The molecule has 10 heteroatoms. The van der Waals surface area contributed by atoms with Crippen LogP contribution in [-0.2, 0) is 0 Å². The van der Waals surface area contributed by atoms with Crippen molar-refractivity contribution in [1.82, 2.24) is 14.9 Å². The Balaban J connectivity index is 1.39. The van der Waals surface area contributed by atoms with E-state index in [4.69, 9.17) is 21.1 Å². The summed E-state index contributed by atoms with van der Waals surface area (Å²) in [5, 5.41) is 3.07. The van der Waals surface area contributed by atoms with Gasteiger partial charge in [-0.2, -0.15) is 0 Å². The number of anilines is 2. The van der Waals surface area contributed by atoms with Crippen molar-refractivity contribution >= 4 is 29.1 Å². The van der Waals surface area contributed by atoms with Gasteiger partial charge < -0.3 is 24.6 Å². The van der Waals surface area contributed by atoms with Crippen LogP contribution in [0.5, 0.6) is 17.4 Å². The minimum absolute atomic E-state index is 0.0529. The molecule has 0 spiro atoms. The van der Waals surface area contributed by atoms with Crippen molar-refractivity contribution in [3.8, 4) is 17.4 Å². The standard InChI is InChI=1S/C23H23ClFN5O3/c1-15-13-29(9-10-30(15)23(31)28-17-4-6-18(32-2)7-5-17)21-12-22(27-14-26-21)33-20-8-3-16(25)11-19(20)24/h3-8,11-12,14-15H,9-10,13H2,1-2H3,(H,28,31)/t15-/m1/s1. The van der Waals surface area contributed by atoms with Crippen molar-refractivity contribution in [2.24, 2.45) is 0 Å². The van der Waals surface area contributed by atoms with Crippen LogP contribution in [0.3, 0.4) is 0 Å². The van der Waals surface area contributed by atoms with E-state index in [0.29, 0.717) is 42.8 Å². The summed E-state index contributed by atoms with van der Waals surface area (Å²) in [7, 11) is 1.60. The van der Waals surface area contributed by atoms with Gasteiger partial charge >= 0.3 is 6.03 Å². The van der Waals surface area contributed by atoms with Gasteiger partial charge in [0, 0.05) is 37.4 Å². The number of carbonyl (C=O) groups excluding carboxylic acids is 1. The minimum Gasteiger partial charge on any atom is -0.497 e. The molecular weight excluding hydrogens is 449 g/mol. The Hall–Kier alpha value is -3.59. The first-order valence-electron chi connectivity index (χ1n) is 10.3. The van der Waals surface area contributed by atoms with Gasteiger partial charge in [-0.05, 0) is 49.4 Å². The fourth-order valence-corrected chi connectivity index (χ4v) is 3.77. The van der Waals surface area contributed by atoms with Crippen LogP contribution in [-0.4, -0.2) is 53.7 Å². The third-order valence-electron chi connectivity index (χ3n) is 5.29. The lowest BCUT2D eigenvalue weighted by molar-refractivity contribution is 0.184. The van der Waals surface area contributed by atoms with Crippen LogP contribution in [0.25, 0.3) is 0 Å². The fourth-order valence-electron chi connectivity index (χ4n) is 3.57. The van der Waals surface area contributed by atoms with Crippen LogP contribution >= 0.6 is 11.6 Å². The molecule has 1 saturated heterocycles. The summed E-state index contributed by atoms with van der Waals surface area (Å²) in [6.45, 7) is 3.68. The van der Waals surface area contributed by atoms with Crippen molar-refractivity contribution < 1.29 is 18.7 Å². The van der Waals surface area contributed by atoms with E-state index in [9.17, 15) is 9.18 Å². The quantitative estimate of drug-likeness (QED) is 0.575. The lowest BCUT2D eigenvalue weighted by atomic mass is 10.2. The van der Waals surface area contributed by atoms with Gasteiger partial charge in [-0.1, -0.05) is 11.6 Å². The van der Waals surface area contributed by atoms with Crippen LogP contribution in [0.1, 0.15) is 6.92 Å². The molecule has 0 saturated carbocycles. The number of benzene rings is 2. The SMILES string of the molecule is COc1ccc(NC(=O)N2CCN(c3cc(Oc4ccc(F)cc4Cl)ncn3)C[C@H]2C)cc1. The molecule has 1 aliphatic heterocycles. The first kappa shape index (κ1) is 22.6. The second kappa shape index (κ2) is 9.91. The van der Waals surface area contributed by atoms with E-state index in [1.54, 1.807) is 42.3 Å². The van der Waals surface area contributed by atoms with Crippen LogP contribution in [0.2, 0.25) is 5.02 Å². The molecule has 0 radical (unpaired) electrons. The van der Waals surface area contributed by atoms with E-state index in [-0.39, 0.29) is 17.1 Å². The van der Waals surface area contributed by atoms with E-state index in [1.807, 2.05) is 6.92 Å².